The number of hydrogen-bond acceptors (Lipinski definition) is 3. The molecule has 22 heavy (non-hydrogen) atoms. The van der Waals surface area contributed by atoms with Gasteiger partial charge in [-0.05, 0) is 37.2 Å². The first-order valence-corrected chi connectivity index (χ1v) is 7.54. The van der Waals surface area contributed by atoms with E-state index in [1.165, 1.54) is 6.07 Å². The van der Waals surface area contributed by atoms with Crippen molar-refractivity contribution in [2.24, 2.45) is 0 Å². The molecule has 118 valence electrons. The normalized spacial score (nSPS) is 10.7. The third kappa shape index (κ3) is 4.98. The van der Waals surface area contributed by atoms with Crippen LogP contribution in [-0.4, -0.2) is 18.3 Å². The summed E-state index contributed by atoms with van der Waals surface area (Å²) in [6.07, 6.45) is 0.686. The Morgan fingerprint density at radius 2 is 1.95 bits per heavy atom. The highest BCUT2D eigenvalue weighted by molar-refractivity contribution is 6.30. The summed E-state index contributed by atoms with van der Waals surface area (Å²) >= 11 is 6.02. The molecular formula is C17H19ClFNO2. The Kier molecular flexibility index (Phi) is 6.65. The zero-order valence-electron chi connectivity index (χ0n) is 12.2. The molecule has 0 radical (unpaired) electrons. The fraction of sp³-hybridized carbons (Fsp3) is 0.294. The van der Waals surface area contributed by atoms with Gasteiger partial charge in [-0.1, -0.05) is 29.8 Å². The molecule has 3 nitrogen and oxygen atoms in total. The SMILES string of the molecule is OCCCNCc1cc(Cl)ccc1OCc1ccccc1F. The van der Waals surface area contributed by atoms with Gasteiger partial charge in [-0.25, -0.2) is 4.39 Å². The van der Waals surface area contributed by atoms with E-state index < -0.39 is 0 Å². The largest absolute Gasteiger partial charge is 0.488 e. The molecular weight excluding hydrogens is 305 g/mol. The van der Waals surface area contributed by atoms with Crippen LogP contribution in [-0.2, 0) is 13.2 Å². The summed E-state index contributed by atoms with van der Waals surface area (Å²) in [6.45, 7) is 1.60. The van der Waals surface area contributed by atoms with Crippen LogP contribution in [0.25, 0.3) is 0 Å². The van der Waals surface area contributed by atoms with Crippen LogP contribution >= 0.6 is 11.6 Å². The number of ether oxygens (including phenoxy) is 1. The standard InChI is InChI=1S/C17H19ClFNO2/c18-15-6-7-17(14(10-15)11-20-8-3-9-21)22-12-13-4-1-2-5-16(13)19/h1-2,4-7,10,20-21H,3,8-9,11-12H2. The van der Waals surface area contributed by atoms with Crippen LogP contribution in [0.2, 0.25) is 5.02 Å². The lowest BCUT2D eigenvalue weighted by Crippen LogP contribution is -2.16. The topological polar surface area (TPSA) is 41.5 Å². The van der Waals surface area contributed by atoms with Gasteiger partial charge in [0.2, 0.25) is 0 Å². The molecule has 2 aromatic rings. The minimum absolute atomic E-state index is 0.152. The zero-order valence-corrected chi connectivity index (χ0v) is 12.9. The van der Waals surface area contributed by atoms with Crippen molar-refractivity contribution in [1.82, 2.24) is 5.32 Å². The minimum atomic E-state index is -0.279. The van der Waals surface area contributed by atoms with E-state index in [0.29, 0.717) is 35.8 Å². The molecule has 0 fully saturated rings. The van der Waals surface area contributed by atoms with Crippen molar-refractivity contribution < 1.29 is 14.2 Å². The smallest absolute Gasteiger partial charge is 0.129 e. The lowest BCUT2D eigenvalue weighted by molar-refractivity contribution is 0.284. The number of benzene rings is 2. The number of hydrogen-bond donors (Lipinski definition) is 2. The molecule has 2 N–H and O–H groups in total. The van der Waals surface area contributed by atoms with E-state index in [9.17, 15) is 4.39 Å². The number of halogens is 2. The quantitative estimate of drug-likeness (QED) is 0.730. The molecule has 0 aliphatic heterocycles. The highest BCUT2D eigenvalue weighted by Crippen LogP contribution is 2.24. The molecule has 2 rings (SSSR count). The predicted molar refractivity (Wildman–Crippen MR) is 85.6 cm³/mol. The Bertz CT molecular complexity index is 607. The van der Waals surface area contributed by atoms with E-state index in [-0.39, 0.29) is 19.0 Å². The zero-order chi connectivity index (χ0) is 15.8. The monoisotopic (exact) mass is 323 g/mol. The third-order valence-corrected chi connectivity index (χ3v) is 3.43. The molecule has 0 heterocycles. The number of aliphatic hydroxyl groups excluding tert-OH is 1. The lowest BCUT2D eigenvalue weighted by Gasteiger charge is -2.13. The molecule has 0 aliphatic carbocycles. The van der Waals surface area contributed by atoms with Gasteiger partial charge >= 0.3 is 0 Å². The number of rotatable bonds is 8. The highest BCUT2D eigenvalue weighted by atomic mass is 35.5. The third-order valence-electron chi connectivity index (χ3n) is 3.19. The predicted octanol–water partition coefficient (Wildman–Crippen LogP) is 3.53. The van der Waals surface area contributed by atoms with Crippen molar-refractivity contribution in [3.8, 4) is 5.75 Å². The van der Waals surface area contributed by atoms with Crippen molar-refractivity contribution in [2.45, 2.75) is 19.6 Å². The van der Waals surface area contributed by atoms with Gasteiger partial charge in [0, 0.05) is 29.3 Å². The molecule has 0 unspecified atom stereocenters. The van der Waals surface area contributed by atoms with Crippen LogP contribution in [0.3, 0.4) is 0 Å². The molecule has 0 aromatic heterocycles. The Balaban J connectivity index is 2.01. The second-order valence-electron chi connectivity index (χ2n) is 4.89. The van der Waals surface area contributed by atoms with Gasteiger partial charge in [-0.3, -0.25) is 0 Å². The van der Waals surface area contributed by atoms with Crippen LogP contribution in [0.1, 0.15) is 17.5 Å². The van der Waals surface area contributed by atoms with Gasteiger partial charge in [0.25, 0.3) is 0 Å². The molecule has 0 amide bonds. The Morgan fingerprint density at radius 3 is 2.73 bits per heavy atom. The number of nitrogens with one attached hydrogen (secondary N) is 1. The molecule has 2 aromatic carbocycles. The van der Waals surface area contributed by atoms with Crippen molar-refractivity contribution in [3.05, 3.63) is 64.4 Å². The lowest BCUT2D eigenvalue weighted by atomic mass is 10.2. The van der Waals surface area contributed by atoms with Crippen LogP contribution in [0.5, 0.6) is 5.75 Å². The first-order valence-electron chi connectivity index (χ1n) is 7.17. The summed E-state index contributed by atoms with van der Waals surface area (Å²) in [7, 11) is 0. The number of aliphatic hydroxyl groups is 1. The van der Waals surface area contributed by atoms with Crippen LogP contribution in [0, 0.1) is 5.82 Å². The summed E-state index contributed by atoms with van der Waals surface area (Å²) in [5, 5.41) is 12.6. The van der Waals surface area contributed by atoms with E-state index >= 15 is 0 Å². The Morgan fingerprint density at radius 1 is 1.14 bits per heavy atom. The summed E-state index contributed by atoms with van der Waals surface area (Å²) in [5.74, 6) is 0.392. The van der Waals surface area contributed by atoms with Crippen molar-refractivity contribution >= 4 is 11.6 Å². The second-order valence-corrected chi connectivity index (χ2v) is 5.32. The molecule has 0 spiro atoms. The molecule has 0 atom stereocenters. The maximum absolute atomic E-state index is 13.6. The fourth-order valence-corrected chi connectivity index (χ4v) is 2.22. The van der Waals surface area contributed by atoms with E-state index in [2.05, 4.69) is 5.32 Å². The molecule has 0 saturated carbocycles. The molecule has 0 saturated heterocycles. The first-order chi connectivity index (χ1) is 10.7. The summed E-state index contributed by atoms with van der Waals surface area (Å²) in [4.78, 5) is 0. The summed E-state index contributed by atoms with van der Waals surface area (Å²) < 4.78 is 19.3. The average Bonchev–Trinajstić information content (AvgIpc) is 2.52. The van der Waals surface area contributed by atoms with Gasteiger partial charge in [0.05, 0.1) is 0 Å². The summed E-state index contributed by atoms with van der Waals surface area (Å²) in [5.41, 5.74) is 1.42. The Hall–Kier alpha value is -1.62. The van der Waals surface area contributed by atoms with Crippen LogP contribution in [0.4, 0.5) is 4.39 Å². The van der Waals surface area contributed by atoms with Crippen LogP contribution in [0.15, 0.2) is 42.5 Å². The molecule has 0 aliphatic rings. The second kappa shape index (κ2) is 8.73. The van der Waals surface area contributed by atoms with E-state index in [1.54, 1.807) is 30.3 Å². The van der Waals surface area contributed by atoms with Crippen molar-refractivity contribution in [3.63, 3.8) is 0 Å². The minimum Gasteiger partial charge on any atom is -0.488 e. The van der Waals surface area contributed by atoms with Crippen molar-refractivity contribution in [1.29, 1.82) is 0 Å². The van der Waals surface area contributed by atoms with E-state index in [0.717, 1.165) is 5.56 Å². The van der Waals surface area contributed by atoms with E-state index in [1.807, 2.05) is 6.07 Å². The molecule has 0 bridgehead atoms. The first kappa shape index (κ1) is 16.7. The van der Waals surface area contributed by atoms with Crippen LogP contribution < -0.4 is 10.1 Å². The fourth-order valence-electron chi connectivity index (χ4n) is 2.03. The highest BCUT2D eigenvalue weighted by Gasteiger charge is 2.07. The Labute approximate surface area is 134 Å². The van der Waals surface area contributed by atoms with Gasteiger partial charge < -0.3 is 15.2 Å². The van der Waals surface area contributed by atoms with Gasteiger partial charge in [-0.2, -0.15) is 0 Å². The van der Waals surface area contributed by atoms with Gasteiger partial charge in [-0.15, -0.1) is 0 Å². The maximum atomic E-state index is 13.6. The van der Waals surface area contributed by atoms with Gasteiger partial charge in [0.1, 0.15) is 18.2 Å². The summed E-state index contributed by atoms with van der Waals surface area (Å²) in [6, 6.07) is 11.9. The molecule has 5 heteroatoms. The average molecular weight is 324 g/mol. The maximum Gasteiger partial charge on any atom is 0.129 e. The van der Waals surface area contributed by atoms with Crippen molar-refractivity contribution in [2.75, 3.05) is 13.2 Å². The van der Waals surface area contributed by atoms with E-state index in [4.69, 9.17) is 21.4 Å². The van der Waals surface area contributed by atoms with Gasteiger partial charge in [0.15, 0.2) is 0 Å².